The lowest BCUT2D eigenvalue weighted by Crippen LogP contribution is -2.17. The third-order valence-corrected chi connectivity index (χ3v) is 2.98. The molecule has 1 amide bonds. The number of nitrogens with two attached hydrogens (primary N) is 1. The number of halogens is 2. The molecular formula is C13H12ClFN4O2. The van der Waals surface area contributed by atoms with Crippen LogP contribution in [0.15, 0.2) is 30.5 Å². The van der Waals surface area contributed by atoms with Gasteiger partial charge < -0.3 is 15.5 Å². The molecule has 4 N–H and O–H groups in total. The van der Waals surface area contributed by atoms with Gasteiger partial charge in [-0.2, -0.15) is 0 Å². The summed E-state index contributed by atoms with van der Waals surface area (Å²) in [6.07, 6.45) is 1.27. The van der Waals surface area contributed by atoms with E-state index in [4.69, 9.17) is 22.2 Å². The van der Waals surface area contributed by atoms with Gasteiger partial charge in [-0.1, -0.05) is 11.6 Å². The molecule has 0 spiro atoms. The van der Waals surface area contributed by atoms with Gasteiger partial charge in [-0.05, 0) is 24.3 Å². The predicted molar refractivity (Wildman–Crippen MR) is 78.0 cm³/mol. The Hall–Kier alpha value is -2.38. The van der Waals surface area contributed by atoms with Crippen LogP contribution >= 0.6 is 11.6 Å². The summed E-state index contributed by atoms with van der Waals surface area (Å²) in [5.74, 6) is 3.89. The van der Waals surface area contributed by atoms with Gasteiger partial charge in [-0.3, -0.25) is 4.79 Å². The number of benzene rings is 1. The number of ether oxygens (including phenoxy) is 1. The van der Waals surface area contributed by atoms with Crippen molar-refractivity contribution in [1.82, 2.24) is 4.98 Å². The Morgan fingerprint density at radius 1 is 1.43 bits per heavy atom. The Balaban J connectivity index is 2.24. The Morgan fingerprint density at radius 2 is 2.19 bits per heavy atom. The van der Waals surface area contributed by atoms with Gasteiger partial charge in [-0.25, -0.2) is 15.2 Å². The number of rotatable bonds is 4. The van der Waals surface area contributed by atoms with Crippen molar-refractivity contribution in [2.75, 3.05) is 17.9 Å². The van der Waals surface area contributed by atoms with Crippen molar-refractivity contribution >= 4 is 29.0 Å². The van der Waals surface area contributed by atoms with Crippen LogP contribution in [0.25, 0.3) is 0 Å². The van der Waals surface area contributed by atoms with Crippen molar-refractivity contribution in [3.05, 3.63) is 46.9 Å². The van der Waals surface area contributed by atoms with Crippen LogP contribution in [0.1, 0.15) is 10.4 Å². The smallest absolute Gasteiger partial charge is 0.258 e. The topological polar surface area (TPSA) is 89.3 Å². The summed E-state index contributed by atoms with van der Waals surface area (Å²) in [5.41, 5.74) is 2.29. The molecule has 0 fully saturated rings. The van der Waals surface area contributed by atoms with E-state index >= 15 is 0 Å². The maximum absolute atomic E-state index is 13.9. The van der Waals surface area contributed by atoms with Crippen molar-refractivity contribution in [3.63, 3.8) is 0 Å². The number of carbonyl (C=O) groups excluding carboxylic acids is 1. The first-order valence-corrected chi connectivity index (χ1v) is 6.20. The van der Waals surface area contributed by atoms with E-state index in [1.54, 1.807) is 12.1 Å². The lowest BCUT2D eigenvalue weighted by atomic mass is 10.2. The molecule has 21 heavy (non-hydrogen) atoms. The molecule has 0 saturated heterocycles. The molecule has 0 aliphatic heterocycles. The minimum absolute atomic E-state index is 0.190. The molecule has 0 atom stereocenters. The summed E-state index contributed by atoms with van der Waals surface area (Å²) in [6, 6.07) is 5.92. The zero-order chi connectivity index (χ0) is 15.4. The fourth-order valence-electron chi connectivity index (χ4n) is 1.66. The van der Waals surface area contributed by atoms with Crippen molar-refractivity contribution in [2.24, 2.45) is 5.84 Å². The highest BCUT2D eigenvalue weighted by Crippen LogP contribution is 2.27. The number of anilines is 2. The maximum Gasteiger partial charge on any atom is 0.258 e. The molecule has 2 aromatic rings. The van der Waals surface area contributed by atoms with Gasteiger partial charge >= 0.3 is 0 Å². The lowest BCUT2D eigenvalue weighted by Gasteiger charge is -2.09. The summed E-state index contributed by atoms with van der Waals surface area (Å²) in [6.45, 7) is 0. The molecule has 0 radical (unpaired) electrons. The van der Waals surface area contributed by atoms with E-state index in [-0.39, 0.29) is 11.4 Å². The van der Waals surface area contributed by atoms with Gasteiger partial charge in [-0.15, -0.1) is 0 Å². The fraction of sp³-hybridized carbons (Fsp3) is 0.0769. The number of hydrazine groups is 1. The van der Waals surface area contributed by atoms with Crippen LogP contribution in [0.3, 0.4) is 0 Å². The summed E-state index contributed by atoms with van der Waals surface area (Å²) < 4.78 is 18.9. The molecule has 1 aromatic carbocycles. The number of nitrogens with one attached hydrogen (secondary N) is 2. The third-order valence-electron chi connectivity index (χ3n) is 2.68. The van der Waals surface area contributed by atoms with E-state index in [1.807, 2.05) is 0 Å². The molecule has 6 nitrogen and oxygen atoms in total. The van der Waals surface area contributed by atoms with Gasteiger partial charge in [0.05, 0.1) is 17.7 Å². The summed E-state index contributed by atoms with van der Waals surface area (Å²) in [4.78, 5) is 15.7. The van der Waals surface area contributed by atoms with Crippen LogP contribution in [0.2, 0.25) is 5.02 Å². The summed E-state index contributed by atoms with van der Waals surface area (Å²) in [7, 11) is 1.48. The van der Waals surface area contributed by atoms with E-state index in [0.29, 0.717) is 16.5 Å². The molecule has 1 aromatic heterocycles. The van der Waals surface area contributed by atoms with Gasteiger partial charge in [0.2, 0.25) is 0 Å². The number of nitrogens with zero attached hydrogens (tertiary/aromatic N) is 1. The minimum Gasteiger partial charge on any atom is -0.495 e. The quantitative estimate of drug-likeness (QED) is 0.596. The number of amides is 1. The van der Waals surface area contributed by atoms with Gasteiger partial charge in [0.15, 0.2) is 11.6 Å². The van der Waals surface area contributed by atoms with Gasteiger partial charge in [0.1, 0.15) is 5.75 Å². The SMILES string of the molecule is COc1ccc(NC(=O)c2ccnc(NN)c2F)cc1Cl. The number of hydrogen-bond donors (Lipinski definition) is 3. The Bertz CT molecular complexity index is 681. The standard InChI is InChI=1S/C13H12ClFN4O2/c1-21-10-3-2-7(6-9(10)14)18-13(20)8-4-5-17-12(19-16)11(8)15/h2-6H,16H2,1H3,(H,17,19)(H,18,20). The van der Waals surface area contributed by atoms with Crippen molar-refractivity contribution < 1.29 is 13.9 Å². The van der Waals surface area contributed by atoms with E-state index in [0.717, 1.165) is 0 Å². The Kier molecular flexibility index (Phi) is 4.56. The number of carbonyl (C=O) groups is 1. The number of methoxy groups -OCH3 is 1. The molecule has 0 bridgehead atoms. The minimum atomic E-state index is -0.836. The van der Waals surface area contributed by atoms with Crippen LogP contribution in [-0.4, -0.2) is 18.0 Å². The first-order chi connectivity index (χ1) is 10.1. The Morgan fingerprint density at radius 3 is 2.81 bits per heavy atom. The van der Waals surface area contributed by atoms with E-state index in [9.17, 15) is 9.18 Å². The number of aromatic nitrogens is 1. The zero-order valence-electron chi connectivity index (χ0n) is 11.0. The molecule has 110 valence electrons. The van der Waals surface area contributed by atoms with Crippen molar-refractivity contribution in [1.29, 1.82) is 0 Å². The van der Waals surface area contributed by atoms with Gasteiger partial charge in [0.25, 0.3) is 5.91 Å². The van der Waals surface area contributed by atoms with E-state index in [2.05, 4.69) is 15.7 Å². The van der Waals surface area contributed by atoms with Crippen LogP contribution in [0, 0.1) is 5.82 Å². The molecule has 0 aliphatic carbocycles. The second kappa shape index (κ2) is 6.38. The van der Waals surface area contributed by atoms with Crippen molar-refractivity contribution in [2.45, 2.75) is 0 Å². The maximum atomic E-state index is 13.9. The molecule has 0 aliphatic rings. The number of nitrogen functional groups attached to an aromatic ring is 1. The molecule has 0 unspecified atom stereocenters. The van der Waals surface area contributed by atoms with Crippen molar-refractivity contribution in [3.8, 4) is 5.75 Å². The first kappa shape index (κ1) is 15.0. The highest BCUT2D eigenvalue weighted by atomic mass is 35.5. The lowest BCUT2D eigenvalue weighted by molar-refractivity contribution is 0.102. The zero-order valence-corrected chi connectivity index (χ0v) is 11.7. The molecule has 1 heterocycles. The molecule has 0 saturated carbocycles. The fourth-order valence-corrected chi connectivity index (χ4v) is 1.92. The Labute approximate surface area is 125 Å². The highest BCUT2D eigenvalue weighted by molar-refractivity contribution is 6.32. The molecule has 8 heteroatoms. The second-order valence-electron chi connectivity index (χ2n) is 3.97. The largest absolute Gasteiger partial charge is 0.495 e. The van der Waals surface area contributed by atoms with Crippen LogP contribution in [0.5, 0.6) is 5.75 Å². The van der Waals surface area contributed by atoms with Crippen LogP contribution < -0.4 is 21.3 Å². The predicted octanol–water partition coefficient (Wildman–Crippen LogP) is 2.42. The average molecular weight is 311 g/mol. The normalized spacial score (nSPS) is 10.1. The first-order valence-electron chi connectivity index (χ1n) is 5.82. The third kappa shape index (κ3) is 3.21. The highest BCUT2D eigenvalue weighted by Gasteiger charge is 2.16. The number of pyridine rings is 1. The summed E-state index contributed by atoms with van der Waals surface area (Å²) in [5, 5.41) is 2.86. The average Bonchev–Trinajstić information content (AvgIpc) is 2.47. The molecule has 2 rings (SSSR count). The van der Waals surface area contributed by atoms with Crippen LogP contribution in [0.4, 0.5) is 15.9 Å². The van der Waals surface area contributed by atoms with E-state index < -0.39 is 11.7 Å². The monoisotopic (exact) mass is 310 g/mol. The van der Waals surface area contributed by atoms with Crippen LogP contribution in [-0.2, 0) is 0 Å². The van der Waals surface area contributed by atoms with Gasteiger partial charge in [0, 0.05) is 11.9 Å². The second-order valence-corrected chi connectivity index (χ2v) is 4.38. The van der Waals surface area contributed by atoms with E-state index in [1.165, 1.54) is 25.4 Å². The number of hydrogen-bond acceptors (Lipinski definition) is 5. The molecular weight excluding hydrogens is 299 g/mol. The summed E-state index contributed by atoms with van der Waals surface area (Å²) >= 11 is 5.95.